The number of halogens is 1. The van der Waals surface area contributed by atoms with Gasteiger partial charge in [-0.15, -0.1) is 0 Å². The maximum atomic E-state index is 6.24. The summed E-state index contributed by atoms with van der Waals surface area (Å²) in [5.74, 6) is 0. The van der Waals surface area contributed by atoms with E-state index in [4.69, 9.17) is 21.1 Å². The minimum absolute atomic E-state index is 0.0348. The zero-order valence-electron chi connectivity index (χ0n) is 9.33. The number of ether oxygens (including phenoxy) is 2. The van der Waals surface area contributed by atoms with E-state index in [0.717, 1.165) is 35.8 Å². The van der Waals surface area contributed by atoms with Gasteiger partial charge in [-0.3, -0.25) is 0 Å². The van der Waals surface area contributed by atoms with Crippen LogP contribution in [0.25, 0.3) is 0 Å². The first-order valence-corrected chi connectivity index (χ1v) is 5.79. The number of morpholine rings is 1. The van der Waals surface area contributed by atoms with Crippen LogP contribution in [0.15, 0.2) is 18.2 Å². The Morgan fingerprint density at radius 3 is 3.12 bits per heavy atom. The number of rotatable bonds is 3. The molecule has 1 aromatic rings. The van der Waals surface area contributed by atoms with E-state index in [1.807, 2.05) is 18.2 Å². The minimum Gasteiger partial charge on any atom is -0.380 e. The first-order chi connectivity index (χ1) is 7.83. The number of benzene rings is 1. The van der Waals surface area contributed by atoms with Crippen molar-refractivity contribution in [3.63, 3.8) is 0 Å². The molecule has 1 aliphatic rings. The Bertz CT molecular complexity index is 351. The van der Waals surface area contributed by atoms with Gasteiger partial charge in [-0.05, 0) is 11.6 Å². The molecule has 1 saturated heterocycles. The van der Waals surface area contributed by atoms with Crippen molar-refractivity contribution in [3.8, 4) is 0 Å². The van der Waals surface area contributed by atoms with Gasteiger partial charge < -0.3 is 14.8 Å². The smallest absolute Gasteiger partial charge is 0.0967 e. The molecule has 0 spiro atoms. The van der Waals surface area contributed by atoms with Crippen LogP contribution in [0, 0.1) is 0 Å². The van der Waals surface area contributed by atoms with E-state index < -0.39 is 0 Å². The predicted molar refractivity (Wildman–Crippen MR) is 63.7 cm³/mol. The van der Waals surface area contributed by atoms with Gasteiger partial charge in [0.05, 0.1) is 19.3 Å². The summed E-state index contributed by atoms with van der Waals surface area (Å²) in [5, 5.41) is 4.06. The number of nitrogens with one attached hydrogen (secondary N) is 1. The van der Waals surface area contributed by atoms with Crippen molar-refractivity contribution in [2.45, 2.75) is 12.7 Å². The molecule has 1 heterocycles. The molecule has 0 amide bonds. The fraction of sp³-hybridized carbons (Fsp3) is 0.500. The fourth-order valence-corrected chi connectivity index (χ4v) is 2.29. The van der Waals surface area contributed by atoms with Crippen molar-refractivity contribution in [2.24, 2.45) is 0 Å². The summed E-state index contributed by atoms with van der Waals surface area (Å²) >= 11 is 6.24. The molecule has 3 nitrogen and oxygen atoms in total. The maximum Gasteiger partial charge on any atom is 0.0967 e. The van der Waals surface area contributed by atoms with Gasteiger partial charge in [-0.2, -0.15) is 0 Å². The average molecular weight is 242 g/mol. The highest BCUT2D eigenvalue weighted by atomic mass is 35.5. The zero-order chi connectivity index (χ0) is 11.4. The van der Waals surface area contributed by atoms with E-state index in [1.165, 1.54) is 0 Å². The molecule has 4 heteroatoms. The van der Waals surface area contributed by atoms with E-state index in [0.29, 0.717) is 6.61 Å². The van der Waals surface area contributed by atoms with Crippen LogP contribution >= 0.6 is 11.6 Å². The molecule has 1 fully saturated rings. The van der Waals surface area contributed by atoms with E-state index in [2.05, 4.69) is 5.32 Å². The molecule has 1 aliphatic heterocycles. The quantitative estimate of drug-likeness (QED) is 0.880. The molecular weight excluding hydrogens is 226 g/mol. The molecular formula is C12H16ClNO2. The van der Waals surface area contributed by atoms with Gasteiger partial charge in [0.2, 0.25) is 0 Å². The molecule has 1 atom stereocenters. The molecule has 0 radical (unpaired) electrons. The predicted octanol–water partition coefficient (Wildman–Crippen LogP) is 2.15. The number of hydrogen-bond donors (Lipinski definition) is 1. The fourth-order valence-electron chi connectivity index (χ4n) is 1.97. The third-order valence-corrected chi connectivity index (χ3v) is 3.02. The van der Waals surface area contributed by atoms with Crippen LogP contribution < -0.4 is 5.32 Å². The zero-order valence-corrected chi connectivity index (χ0v) is 10.1. The summed E-state index contributed by atoms with van der Waals surface area (Å²) in [6.45, 7) is 3.00. The first kappa shape index (κ1) is 11.9. The van der Waals surface area contributed by atoms with Crippen molar-refractivity contribution >= 4 is 11.6 Å². The standard InChI is InChI=1S/C12H16ClNO2/c1-15-8-9-3-2-4-10(13)12(9)11-7-14-5-6-16-11/h2-4,11,14H,5-8H2,1H3. The lowest BCUT2D eigenvalue weighted by atomic mass is 10.0. The second-order valence-corrected chi connectivity index (χ2v) is 4.22. The van der Waals surface area contributed by atoms with Gasteiger partial charge in [0.25, 0.3) is 0 Å². The highest BCUT2D eigenvalue weighted by Gasteiger charge is 2.21. The van der Waals surface area contributed by atoms with Gasteiger partial charge in [0.1, 0.15) is 0 Å². The molecule has 88 valence electrons. The minimum atomic E-state index is 0.0348. The molecule has 0 aromatic heterocycles. The van der Waals surface area contributed by atoms with E-state index >= 15 is 0 Å². The van der Waals surface area contributed by atoms with E-state index in [-0.39, 0.29) is 6.10 Å². The monoisotopic (exact) mass is 241 g/mol. The lowest BCUT2D eigenvalue weighted by Crippen LogP contribution is -2.34. The Hall–Kier alpha value is -0.610. The number of methoxy groups -OCH3 is 1. The topological polar surface area (TPSA) is 30.5 Å². The molecule has 1 aromatic carbocycles. The van der Waals surface area contributed by atoms with Crippen LogP contribution in [-0.4, -0.2) is 26.8 Å². The van der Waals surface area contributed by atoms with E-state index in [1.54, 1.807) is 7.11 Å². The normalized spacial score (nSPS) is 21.0. The van der Waals surface area contributed by atoms with Crippen molar-refractivity contribution in [3.05, 3.63) is 34.3 Å². The third-order valence-electron chi connectivity index (χ3n) is 2.69. The highest BCUT2D eigenvalue weighted by Crippen LogP contribution is 2.30. The Balaban J connectivity index is 2.28. The molecule has 1 unspecified atom stereocenters. The number of hydrogen-bond acceptors (Lipinski definition) is 3. The van der Waals surface area contributed by atoms with Crippen molar-refractivity contribution in [2.75, 3.05) is 26.8 Å². The summed E-state index contributed by atoms with van der Waals surface area (Å²) in [6.07, 6.45) is 0.0348. The Labute approximate surface area is 101 Å². The summed E-state index contributed by atoms with van der Waals surface area (Å²) < 4.78 is 10.9. The largest absolute Gasteiger partial charge is 0.380 e. The van der Waals surface area contributed by atoms with Gasteiger partial charge in [0.15, 0.2) is 0 Å². The van der Waals surface area contributed by atoms with Gasteiger partial charge in [0, 0.05) is 30.8 Å². The van der Waals surface area contributed by atoms with Gasteiger partial charge in [-0.25, -0.2) is 0 Å². The Kier molecular flexibility index (Phi) is 4.18. The first-order valence-electron chi connectivity index (χ1n) is 5.41. The summed E-state index contributed by atoms with van der Waals surface area (Å²) in [7, 11) is 1.69. The lowest BCUT2D eigenvalue weighted by molar-refractivity contribution is 0.0261. The van der Waals surface area contributed by atoms with Crippen LogP contribution in [0.4, 0.5) is 0 Å². The van der Waals surface area contributed by atoms with Crippen LogP contribution in [0.1, 0.15) is 17.2 Å². The van der Waals surface area contributed by atoms with E-state index in [9.17, 15) is 0 Å². The van der Waals surface area contributed by atoms with Crippen molar-refractivity contribution in [1.29, 1.82) is 0 Å². The molecule has 0 aliphatic carbocycles. The summed E-state index contributed by atoms with van der Waals surface area (Å²) in [5.41, 5.74) is 2.15. The highest BCUT2D eigenvalue weighted by molar-refractivity contribution is 6.31. The van der Waals surface area contributed by atoms with Crippen LogP contribution in [0.3, 0.4) is 0 Å². The van der Waals surface area contributed by atoms with Crippen molar-refractivity contribution in [1.82, 2.24) is 5.32 Å². The average Bonchev–Trinajstić information content (AvgIpc) is 2.31. The van der Waals surface area contributed by atoms with Gasteiger partial charge in [-0.1, -0.05) is 23.7 Å². The second kappa shape index (κ2) is 5.64. The maximum absolute atomic E-state index is 6.24. The van der Waals surface area contributed by atoms with Crippen LogP contribution in [-0.2, 0) is 16.1 Å². The van der Waals surface area contributed by atoms with Crippen molar-refractivity contribution < 1.29 is 9.47 Å². The Morgan fingerprint density at radius 1 is 1.56 bits per heavy atom. The molecule has 16 heavy (non-hydrogen) atoms. The second-order valence-electron chi connectivity index (χ2n) is 3.81. The third kappa shape index (κ3) is 2.55. The SMILES string of the molecule is COCc1cccc(Cl)c1C1CNCCO1. The molecule has 0 saturated carbocycles. The summed E-state index contributed by atoms with van der Waals surface area (Å²) in [6, 6.07) is 5.87. The molecule has 2 rings (SSSR count). The summed E-state index contributed by atoms with van der Waals surface area (Å²) in [4.78, 5) is 0. The molecule has 0 bridgehead atoms. The molecule has 1 N–H and O–H groups in total. The van der Waals surface area contributed by atoms with Crippen LogP contribution in [0.2, 0.25) is 5.02 Å². The Morgan fingerprint density at radius 2 is 2.44 bits per heavy atom. The van der Waals surface area contributed by atoms with Crippen LogP contribution in [0.5, 0.6) is 0 Å². The van der Waals surface area contributed by atoms with Gasteiger partial charge >= 0.3 is 0 Å². The lowest BCUT2D eigenvalue weighted by Gasteiger charge is -2.26.